The predicted octanol–water partition coefficient (Wildman–Crippen LogP) is 1.73. The second kappa shape index (κ2) is 6.89. The Kier molecular flexibility index (Phi) is 5.75. The maximum absolute atomic E-state index is 12.3. The molecule has 20 heavy (non-hydrogen) atoms. The van der Waals surface area contributed by atoms with Gasteiger partial charge in [0, 0.05) is 25.4 Å². The molecule has 1 aromatic heterocycles. The predicted molar refractivity (Wildman–Crippen MR) is 68.5 cm³/mol. The molecule has 2 amide bonds. The number of hydrogen-bond donors (Lipinski definition) is 2. The fourth-order valence-corrected chi connectivity index (χ4v) is 2.08. The van der Waals surface area contributed by atoms with Gasteiger partial charge in [-0.15, -0.1) is 11.3 Å². The van der Waals surface area contributed by atoms with E-state index < -0.39 is 11.9 Å². The van der Waals surface area contributed by atoms with Crippen molar-refractivity contribution in [2.75, 3.05) is 20.2 Å². The number of hydrogen-bond acceptors (Lipinski definition) is 4. The number of carbonyl (C=O) groups is 1. The van der Waals surface area contributed by atoms with Crippen molar-refractivity contribution in [3.8, 4) is 0 Å². The summed E-state index contributed by atoms with van der Waals surface area (Å²) >= 11 is 0.911. The first-order valence-corrected chi connectivity index (χ1v) is 6.76. The normalized spacial score (nSPS) is 13.1. The van der Waals surface area contributed by atoms with Crippen LogP contribution >= 0.6 is 11.3 Å². The molecular weight excluding hydrogens is 295 g/mol. The molecule has 5 nitrogen and oxygen atoms in total. The first-order valence-electron chi connectivity index (χ1n) is 5.88. The molecule has 0 aliphatic heterocycles. The molecule has 0 fully saturated rings. The van der Waals surface area contributed by atoms with Crippen molar-refractivity contribution >= 4 is 17.4 Å². The van der Waals surface area contributed by atoms with Crippen molar-refractivity contribution in [1.82, 2.24) is 15.2 Å². The SMILES string of the molecule is CC(CO)N(C)C(=O)NCCc1nc(C(F)(F)F)cs1. The minimum Gasteiger partial charge on any atom is -0.394 e. The second-order valence-electron chi connectivity index (χ2n) is 4.25. The third-order valence-electron chi connectivity index (χ3n) is 2.70. The van der Waals surface area contributed by atoms with Crippen LogP contribution < -0.4 is 5.32 Å². The summed E-state index contributed by atoms with van der Waals surface area (Å²) in [6.07, 6.45) is -4.21. The Morgan fingerprint density at radius 3 is 2.75 bits per heavy atom. The topological polar surface area (TPSA) is 65.5 Å². The monoisotopic (exact) mass is 311 g/mol. The maximum atomic E-state index is 12.3. The summed E-state index contributed by atoms with van der Waals surface area (Å²) < 4.78 is 37.0. The Morgan fingerprint density at radius 1 is 1.60 bits per heavy atom. The van der Waals surface area contributed by atoms with Crippen molar-refractivity contribution in [2.24, 2.45) is 0 Å². The zero-order valence-corrected chi connectivity index (χ0v) is 11.9. The van der Waals surface area contributed by atoms with Gasteiger partial charge in [0.15, 0.2) is 5.69 Å². The first-order chi connectivity index (χ1) is 9.25. The summed E-state index contributed by atoms with van der Waals surface area (Å²) in [6.45, 7) is 1.70. The van der Waals surface area contributed by atoms with Gasteiger partial charge in [0.2, 0.25) is 0 Å². The molecule has 0 radical (unpaired) electrons. The molecule has 0 saturated carbocycles. The lowest BCUT2D eigenvalue weighted by Gasteiger charge is -2.23. The number of alkyl halides is 3. The van der Waals surface area contributed by atoms with Crippen molar-refractivity contribution in [1.29, 1.82) is 0 Å². The highest BCUT2D eigenvalue weighted by molar-refractivity contribution is 7.09. The van der Waals surface area contributed by atoms with Crippen LogP contribution in [-0.4, -0.2) is 47.3 Å². The summed E-state index contributed by atoms with van der Waals surface area (Å²) in [4.78, 5) is 16.4. The number of aliphatic hydroxyl groups is 1. The van der Waals surface area contributed by atoms with Gasteiger partial charge < -0.3 is 15.3 Å². The number of likely N-dealkylation sites (N-methyl/N-ethyl adjacent to an activating group) is 1. The molecule has 0 aliphatic rings. The van der Waals surface area contributed by atoms with E-state index in [-0.39, 0.29) is 31.6 Å². The van der Waals surface area contributed by atoms with E-state index in [4.69, 9.17) is 5.11 Å². The van der Waals surface area contributed by atoms with Gasteiger partial charge in [-0.05, 0) is 6.92 Å². The van der Waals surface area contributed by atoms with Crippen LogP contribution in [-0.2, 0) is 12.6 Å². The molecule has 0 spiro atoms. The number of aromatic nitrogens is 1. The van der Waals surface area contributed by atoms with E-state index in [2.05, 4.69) is 10.3 Å². The van der Waals surface area contributed by atoms with E-state index in [0.717, 1.165) is 16.7 Å². The van der Waals surface area contributed by atoms with E-state index in [1.54, 1.807) is 6.92 Å². The van der Waals surface area contributed by atoms with Crippen LogP contribution in [0.3, 0.4) is 0 Å². The molecule has 1 aromatic rings. The lowest BCUT2D eigenvalue weighted by atomic mass is 10.3. The molecule has 2 N–H and O–H groups in total. The number of halogens is 3. The number of amides is 2. The Hall–Kier alpha value is -1.35. The number of nitrogens with one attached hydrogen (secondary N) is 1. The van der Waals surface area contributed by atoms with Crippen LogP contribution in [0.1, 0.15) is 17.6 Å². The zero-order valence-electron chi connectivity index (χ0n) is 11.1. The summed E-state index contributed by atoms with van der Waals surface area (Å²) in [6, 6.07) is -0.717. The van der Waals surface area contributed by atoms with Crippen LogP contribution in [0.5, 0.6) is 0 Å². The minimum absolute atomic E-state index is 0.161. The summed E-state index contributed by atoms with van der Waals surface area (Å²) in [5.74, 6) is 0. The Morgan fingerprint density at radius 2 is 2.25 bits per heavy atom. The summed E-state index contributed by atoms with van der Waals surface area (Å²) in [7, 11) is 1.53. The van der Waals surface area contributed by atoms with Crippen LogP contribution in [0.25, 0.3) is 0 Å². The van der Waals surface area contributed by atoms with Gasteiger partial charge in [-0.3, -0.25) is 0 Å². The number of aliphatic hydroxyl groups excluding tert-OH is 1. The average Bonchev–Trinajstić information content (AvgIpc) is 2.85. The maximum Gasteiger partial charge on any atom is 0.434 e. The quantitative estimate of drug-likeness (QED) is 0.870. The lowest BCUT2D eigenvalue weighted by molar-refractivity contribution is -0.140. The molecule has 0 saturated heterocycles. The van der Waals surface area contributed by atoms with Gasteiger partial charge in [-0.2, -0.15) is 13.2 Å². The van der Waals surface area contributed by atoms with Gasteiger partial charge in [0.25, 0.3) is 0 Å². The van der Waals surface area contributed by atoms with E-state index >= 15 is 0 Å². The van der Waals surface area contributed by atoms with Crippen LogP contribution in [0, 0.1) is 0 Å². The van der Waals surface area contributed by atoms with Crippen molar-refractivity contribution in [2.45, 2.75) is 25.6 Å². The van der Waals surface area contributed by atoms with Gasteiger partial charge in [0.05, 0.1) is 17.7 Å². The number of nitrogens with zero attached hydrogens (tertiary/aromatic N) is 2. The van der Waals surface area contributed by atoms with E-state index in [0.29, 0.717) is 5.01 Å². The number of rotatable bonds is 5. The molecule has 0 aromatic carbocycles. The molecule has 9 heteroatoms. The second-order valence-corrected chi connectivity index (χ2v) is 5.19. The minimum atomic E-state index is -4.44. The van der Waals surface area contributed by atoms with Crippen LogP contribution in [0.2, 0.25) is 0 Å². The highest BCUT2D eigenvalue weighted by Gasteiger charge is 2.33. The average molecular weight is 311 g/mol. The molecule has 1 heterocycles. The van der Waals surface area contributed by atoms with Crippen LogP contribution in [0.15, 0.2) is 5.38 Å². The fourth-order valence-electron chi connectivity index (χ4n) is 1.28. The smallest absolute Gasteiger partial charge is 0.394 e. The standard InChI is InChI=1S/C11H16F3N3O2S/c1-7(5-18)17(2)10(19)15-4-3-9-16-8(6-20-9)11(12,13)14/h6-7,18H,3-5H2,1-2H3,(H,15,19). The number of urea groups is 1. The first kappa shape index (κ1) is 16.7. The lowest BCUT2D eigenvalue weighted by Crippen LogP contribution is -2.44. The molecular formula is C11H16F3N3O2S. The zero-order chi connectivity index (χ0) is 15.3. The Bertz CT molecular complexity index is 450. The Labute approximate surface area is 118 Å². The van der Waals surface area contributed by atoms with E-state index in [1.807, 2.05) is 0 Å². The van der Waals surface area contributed by atoms with Gasteiger partial charge in [0.1, 0.15) is 0 Å². The highest BCUT2D eigenvalue weighted by Crippen LogP contribution is 2.29. The summed E-state index contributed by atoms with van der Waals surface area (Å²) in [5, 5.41) is 12.7. The number of carbonyl (C=O) groups excluding carboxylic acids is 1. The molecule has 1 atom stereocenters. The third kappa shape index (κ3) is 4.64. The van der Waals surface area contributed by atoms with Gasteiger partial charge in [-0.25, -0.2) is 9.78 Å². The number of thiazole rings is 1. The third-order valence-corrected chi connectivity index (χ3v) is 3.61. The molecule has 1 unspecified atom stereocenters. The van der Waals surface area contributed by atoms with Crippen LogP contribution in [0.4, 0.5) is 18.0 Å². The van der Waals surface area contributed by atoms with Crippen molar-refractivity contribution in [3.05, 3.63) is 16.1 Å². The van der Waals surface area contributed by atoms with Gasteiger partial charge >= 0.3 is 12.2 Å². The molecule has 114 valence electrons. The summed E-state index contributed by atoms with van der Waals surface area (Å²) in [5.41, 5.74) is -0.908. The van der Waals surface area contributed by atoms with Gasteiger partial charge in [-0.1, -0.05) is 0 Å². The molecule has 0 aliphatic carbocycles. The van der Waals surface area contributed by atoms with E-state index in [1.165, 1.54) is 11.9 Å². The highest BCUT2D eigenvalue weighted by atomic mass is 32.1. The van der Waals surface area contributed by atoms with Crippen molar-refractivity contribution < 1.29 is 23.1 Å². The largest absolute Gasteiger partial charge is 0.434 e. The van der Waals surface area contributed by atoms with Crippen molar-refractivity contribution in [3.63, 3.8) is 0 Å². The van der Waals surface area contributed by atoms with E-state index in [9.17, 15) is 18.0 Å². The molecule has 1 rings (SSSR count). The Balaban J connectivity index is 2.41. The fraction of sp³-hybridized carbons (Fsp3) is 0.636. The molecule has 0 bridgehead atoms.